The number of benzene rings is 2. The lowest BCUT2D eigenvalue weighted by atomic mass is 9.79. The van der Waals surface area contributed by atoms with Gasteiger partial charge in [-0.3, -0.25) is 4.79 Å². The number of rotatable bonds is 7. The second-order valence-electron chi connectivity index (χ2n) is 9.85. The smallest absolute Gasteiger partial charge is 0.309 e. The van der Waals surface area contributed by atoms with E-state index in [2.05, 4.69) is 53.7 Å². The van der Waals surface area contributed by atoms with Crippen LogP contribution in [0.1, 0.15) is 65.2 Å². The summed E-state index contributed by atoms with van der Waals surface area (Å²) in [6.07, 6.45) is 0. The maximum atomic E-state index is 10.9. The zero-order chi connectivity index (χ0) is 22.7. The molecular weight excluding hydrogens is 396 g/mol. The first-order chi connectivity index (χ1) is 13.8. The average molecular weight is 431 g/mol. The number of carboxylic acid groups (broad SMARTS) is 1. The predicted octanol–water partition coefficient (Wildman–Crippen LogP) is 6.38. The van der Waals surface area contributed by atoms with Crippen molar-refractivity contribution in [3.63, 3.8) is 0 Å². The van der Waals surface area contributed by atoms with Crippen molar-refractivity contribution in [2.24, 2.45) is 5.92 Å². The third-order valence-electron chi connectivity index (χ3n) is 4.95. The largest absolute Gasteiger partial charge is 0.507 e. The highest BCUT2D eigenvalue weighted by molar-refractivity contribution is 7.98. The number of ether oxygens (including phenoxy) is 1. The van der Waals surface area contributed by atoms with Crippen LogP contribution in [0.15, 0.2) is 41.3 Å². The summed E-state index contributed by atoms with van der Waals surface area (Å²) in [5.74, 6) is 0.469. The van der Waals surface area contributed by atoms with Gasteiger partial charge >= 0.3 is 5.97 Å². The standard InChI is InChI=1S/C25H34O4S/c1-16(23(27)28)14-29-18-10-8-17(9-11-18)15-30-19-12-20(24(2,3)4)22(26)21(13-19)25(5,6)7/h8-13,16,26H,14-15H2,1-7H3,(H,27,28). The van der Waals surface area contributed by atoms with E-state index in [1.807, 2.05) is 24.3 Å². The monoisotopic (exact) mass is 430 g/mol. The molecule has 2 N–H and O–H groups in total. The fourth-order valence-corrected chi connectivity index (χ4v) is 3.90. The first kappa shape index (κ1) is 24.1. The Morgan fingerprint density at radius 1 is 1.00 bits per heavy atom. The van der Waals surface area contributed by atoms with Crippen molar-refractivity contribution < 1.29 is 19.7 Å². The number of hydrogen-bond donors (Lipinski definition) is 2. The molecule has 0 aromatic heterocycles. The van der Waals surface area contributed by atoms with Crippen LogP contribution in [0, 0.1) is 5.92 Å². The lowest BCUT2D eigenvalue weighted by molar-refractivity contribution is -0.142. The summed E-state index contributed by atoms with van der Waals surface area (Å²) in [5.41, 5.74) is 2.79. The van der Waals surface area contributed by atoms with E-state index in [0.29, 0.717) is 11.5 Å². The maximum absolute atomic E-state index is 10.9. The van der Waals surface area contributed by atoms with Crippen molar-refractivity contribution in [2.45, 2.75) is 69.9 Å². The zero-order valence-electron chi connectivity index (χ0n) is 19.1. The van der Waals surface area contributed by atoms with E-state index >= 15 is 0 Å². The van der Waals surface area contributed by atoms with E-state index in [1.54, 1.807) is 18.7 Å². The highest BCUT2D eigenvalue weighted by atomic mass is 32.2. The summed E-state index contributed by atoms with van der Waals surface area (Å²) in [7, 11) is 0. The van der Waals surface area contributed by atoms with Gasteiger partial charge in [0.05, 0.1) is 5.92 Å². The molecule has 0 bridgehead atoms. The van der Waals surface area contributed by atoms with Crippen LogP contribution < -0.4 is 4.74 Å². The Morgan fingerprint density at radius 2 is 1.50 bits per heavy atom. The highest BCUT2D eigenvalue weighted by Gasteiger charge is 2.26. The van der Waals surface area contributed by atoms with Crippen LogP contribution in [0.5, 0.6) is 11.5 Å². The summed E-state index contributed by atoms with van der Waals surface area (Å²) in [4.78, 5) is 12.0. The SMILES string of the molecule is CC(COc1ccc(CSc2cc(C(C)(C)C)c(O)c(C(C)(C)C)c2)cc1)C(=O)O. The Hall–Kier alpha value is -2.14. The van der Waals surface area contributed by atoms with Gasteiger partial charge in [-0.05, 0) is 47.6 Å². The third kappa shape index (κ3) is 6.43. The molecule has 0 aliphatic rings. The fourth-order valence-electron chi connectivity index (χ4n) is 2.98. The predicted molar refractivity (Wildman–Crippen MR) is 124 cm³/mol. The van der Waals surface area contributed by atoms with Crippen molar-refractivity contribution in [1.29, 1.82) is 0 Å². The second-order valence-corrected chi connectivity index (χ2v) is 10.9. The van der Waals surface area contributed by atoms with Crippen LogP contribution in [0.4, 0.5) is 0 Å². The molecule has 2 aromatic carbocycles. The van der Waals surface area contributed by atoms with Gasteiger partial charge in [0.1, 0.15) is 18.1 Å². The molecule has 0 amide bonds. The van der Waals surface area contributed by atoms with Crippen LogP contribution in [0.25, 0.3) is 0 Å². The molecular formula is C25H34O4S. The molecule has 164 valence electrons. The first-order valence-corrected chi connectivity index (χ1v) is 11.2. The van der Waals surface area contributed by atoms with Gasteiger partial charge in [0.15, 0.2) is 0 Å². The second kappa shape index (κ2) is 9.34. The van der Waals surface area contributed by atoms with Crippen molar-refractivity contribution >= 4 is 17.7 Å². The van der Waals surface area contributed by atoms with E-state index in [1.165, 1.54) is 0 Å². The molecule has 1 unspecified atom stereocenters. The number of aromatic hydroxyl groups is 1. The van der Waals surface area contributed by atoms with E-state index < -0.39 is 11.9 Å². The fraction of sp³-hybridized carbons (Fsp3) is 0.480. The molecule has 2 aromatic rings. The number of carbonyl (C=O) groups is 1. The minimum absolute atomic E-state index is 0.146. The number of carboxylic acids is 1. The molecule has 0 spiro atoms. The quantitative estimate of drug-likeness (QED) is 0.499. The molecule has 0 saturated heterocycles. The van der Waals surface area contributed by atoms with Crippen LogP contribution in [0.2, 0.25) is 0 Å². The summed E-state index contributed by atoms with van der Waals surface area (Å²) in [5, 5.41) is 19.8. The summed E-state index contributed by atoms with van der Waals surface area (Å²) in [6, 6.07) is 12.0. The number of phenolic OH excluding ortho intramolecular Hbond substituents is 1. The first-order valence-electron chi connectivity index (χ1n) is 10.2. The molecule has 30 heavy (non-hydrogen) atoms. The van der Waals surface area contributed by atoms with Crippen molar-refractivity contribution in [2.75, 3.05) is 6.61 Å². The average Bonchev–Trinajstić information content (AvgIpc) is 2.64. The molecule has 0 heterocycles. The summed E-state index contributed by atoms with van der Waals surface area (Å²) >= 11 is 1.74. The van der Waals surface area contributed by atoms with Gasteiger partial charge in [0, 0.05) is 21.8 Å². The summed E-state index contributed by atoms with van der Waals surface area (Å²) < 4.78 is 5.55. The van der Waals surface area contributed by atoms with Crippen molar-refractivity contribution in [1.82, 2.24) is 0 Å². The Labute approximate surface area is 184 Å². The summed E-state index contributed by atoms with van der Waals surface area (Å²) in [6.45, 7) is 14.5. The molecule has 0 saturated carbocycles. The Kier molecular flexibility index (Phi) is 7.51. The van der Waals surface area contributed by atoms with Gasteiger partial charge in [-0.2, -0.15) is 0 Å². The Bertz CT molecular complexity index is 838. The molecule has 1 atom stereocenters. The Morgan fingerprint density at radius 3 is 1.93 bits per heavy atom. The van der Waals surface area contributed by atoms with Crippen LogP contribution >= 0.6 is 11.8 Å². The maximum Gasteiger partial charge on any atom is 0.309 e. The lowest BCUT2D eigenvalue weighted by Gasteiger charge is -2.28. The molecule has 0 aliphatic carbocycles. The van der Waals surface area contributed by atoms with Crippen LogP contribution in [-0.2, 0) is 21.4 Å². The van der Waals surface area contributed by atoms with Gasteiger partial charge in [0.25, 0.3) is 0 Å². The third-order valence-corrected chi connectivity index (χ3v) is 6.00. The van der Waals surface area contributed by atoms with Crippen LogP contribution in [0.3, 0.4) is 0 Å². The van der Waals surface area contributed by atoms with Crippen molar-refractivity contribution in [3.8, 4) is 11.5 Å². The van der Waals surface area contributed by atoms with Gasteiger partial charge in [-0.25, -0.2) is 0 Å². The molecule has 2 rings (SSSR count). The lowest BCUT2D eigenvalue weighted by Crippen LogP contribution is -2.17. The van der Waals surface area contributed by atoms with Gasteiger partial charge in [-0.15, -0.1) is 11.8 Å². The van der Waals surface area contributed by atoms with E-state index in [4.69, 9.17) is 9.84 Å². The number of hydrogen-bond acceptors (Lipinski definition) is 4. The normalized spacial score (nSPS) is 13.2. The molecule has 5 heteroatoms. The minimum atomic E-state index is -0.860. The van der Waals surface area contributed by atoms with E-state index in [0.717, 1.165) is 27.3 Å². The van der Waals surface area contributed by atoms with Gasteiger partial charge < -0.3 is 14.9 Å². The number of thioether (sulfide) groups is 1. The van der Waals surface area contributed by atoms with Crippen LogP contribution in [-0.4, -0.2) is 22.8 Å². The zero-order valence-corrected chi connectivity index (χ0v) is 19.9. The van der Waals surface area contributed by atoms with E-state index in [-0.39, 0.29) is 17.4 Å². The van der Waals surface area contributed by atoms with Crippen molar-refractivity contribution in [3.05, 3.63) is 53.1 Å². The Balaban J connectivity index is 2.14. The number of phenols is 1. The molecule has 0 radical (unpaired) electrons. The topological polar surface area (TPSA) is 66.8 Å². The molecule has 4 nitrogen and oxygen atoms in total. The van der Waals surface area contributed by atoms with E-state index in [9.17, 15) is 9.90 Å². The molecule has 0 fully saturated rings. The van der Waals surface area contributed by atoms with Gasteiger partial charge in [0.2, 0.25) is 0 Å². The highest BCUT2D eigenvalue weighted by Crippen LogP contribution is 2.42. The van der Waals surface area contributed by atoms with Gasteiger partial charge in [-0.1, -0.05) is 53.7 Å². The molecule has 0 aliphatic heterocycles. The number of aliphatic carboxylic acids is 1. The minimum Gasteiger partial charge on any atom is -0.507 e.